The number of benzene rings is 1. The zero-order chi connectivity index (χ0) is 13.0. The number of halogens is 2. The number of Topliss-reactive ketones (excluding diaryl/α,β-unsaturated/α-hetero) is 1. The van der Waals surface area contributed by atoms with Crippen LogP contribution in [0, 0.1) is 0 Å². The Morgan fingerprint density at radius 1 is 1.47 bits per heavy atom. The van der Waals surface area contributed by atoms with E-state index in [9.17, 15) is 9.59 Å². The molecule has 0 saturated heterocycles. The molecule has 0 N–H and O–H groups in total. The van der Waals surface area contributed by atoms with Gasteiger partial charge < -0.3 is 4.74 Å². The first-order valence-electron chi connectivity index (χ1n) is 4.93. The Balaban J connectivity index is 3.24. The number of hydrogen-bond donors (Lipinski definition) is 0. The average Bonchev–Trinajstić information content (AvgIpc) is 2.35. The molecule has 0 aliphatic carbocycles. The molecule has 0 aliphatic rings. The molecule has 1 aromatic rings. The van der Waals surface area contributed by atoms with E-state index in [4.69, 9.17) is 11.6 Å². The number of methoxy groups -OCH3 is 1. The predicted molar refractivity (Wildman–Crippen MR) is 69.7 cm³/mol. The molecule has 1 rings (SSSR count). The van der Waals surface area contributed by atoms with Gasteiger partial charge in [0.15, 0.2) is 5.78 Å². The molecule has 0 fully saturated rings. The summed E-state index contributed by atoms with van der Waals surface area (Å²) < 4.78 is 4.63. The summed E-state index contributed by atoms with van der Waals surface area (Å²) in [5.41, 5.74) is 1.91. The minimum Gasteiger partial charge on any atom is -0.465 e. The van der Waals surface area contributed by atoms with Crippen LogP contribution >= 0.6 is 27.5 Å². The summed E-state index contributed by atoms with van der Waals surface area (Å²) in [7, 11) is 1.31. The van der Waals surface area contributed by atoms with Crippen molar-refractivity contribution in [3.63, 3.8) is 0 Å². The molecule has 0 amide bonds. The topological polar surface area (TPSA) is 43.4 Å². The summed E-state index contributed by atoms with van der Waals surface area (Å²) in [6, 6.07) is 5.01. The second-order valence-electron chi connectivity index (χ2n) is 3.51. The molecule has 1 unspecified atom stereocenters. The highest BCUT2D eigenvalue weighted by Gasteiger charge is 2.18. The van der Waals surface area contributed by atoms with Gasteiger partial charge in [0.1, 0.15) is 5.38 Å². The maximum absolute atomic E-state index is 11.4. The van der Waals surface area contributed by atoms with Crippen LogP contribution in [-0.4, -0.2) is 18.9 Å². The first kappa shape index (κ1) is 14.2. The van der Waals surface area contributed by atoms with Gasteiger partial charge in [-0.25, -0.2) is 4.79 Å². The van der Waals surface area contributed by atoms with Crippen LogP contribution in [0.15, 0.2) is 18.2 Å². The summed E-state index contributed by atoms with van der Waals surface area (Å²) in [4.78, 5) is 22.7. The zero-order valence-corrected chi connectivity index (χ0v) is 11.8. The van der Waals surface area contributed by atoms with Crippen molar-refractivity contribution in [2.45, 2.75) is 17.6 Å². The molecule has 0 heterocycles. The Labute approximate surface area is 113 Å². The van der Waals surface area contributed by atoms with Gasteiger partial charge in [-0.15, -0.1) is 11.6 Å². The van der Waals surface area contributed by atoms with Crippen LogP contribution in [0.1, 0.15) is 33.8 Å². The van der Waals surface area contributed by atoms with E-state index in [1.807, 2.05) is 0 Å². The Morgan fingerprint density at radius 3 is 2.59 bits per heavy atom. The quantitative estimate of drug-likeness (QED) is 0.632. The summed E-state index contributed by atoms with van der Waals surface area (Å²) in [6.07, 6.45) is 0. The average molecular weight is 320 g/mol. The van der Waals surface area contributed by atoms with Gasteiger partial charge in [0.2, 0.25) is 0 Å². The lowest BCUT2D eigenvalue weighted by molar-refractivity contribution is -0.116. The van der Waals surface area contributed by atoms with Gasteiger partial charge in [-0.05, 0) is 30.2 Å². The maximum Gasteiger partial charge on any atom is 0.337 e. The highest BCUT2D eigenvalue weighted by atomic mass is 79.9. The molecule has 17 heavy (non-hydrogen) atoms. The normalized spacial score (nSPS) is 12.0. The molecule has 0 spiro atoms. The lowest BCUT2D eigenvalue weighted by Gasteiger charge is -2.12. The van der Waals surface area contributed by atoms with E-state index in [1.54, 1.807) is 18.2 Å². The van der Waals surface area contributed by atoms with E-state index in [-0.39, 0.29) is 5.78 Å². The lowest BCUT2D eigenvalue weighted by atomic mass is 10.0. The fraction of sp³-hybridized carbons (Fsp3) is 0.333. The van der Waals surface area contributed by atoms with Gasteiger partial charge in [-0.3, -0.25) is 4.79 Å². The largest absolute Gasteiger partial charge is 0.465 e. The second-order valence-corrected chi connectivity index (χ2v) is 4.51. The molecule has 0 aromatic heterocycles. The van der Waals surface area contributed by atoms with Crippen LogP contribution in [0.5, 0.6) is 0 Å². The van der Waals surface area contributed by atoms with Gasteiger partial charge >= 0.3 is 5.97 Å². The number of carbonyl (C=O) groups excluding carboxylic acids is 2. The number of alkyl halides is 2. The molecule has 5 heteroatoms. The van der Waals surface area contributed by atoms with Gasteiger partial charge in [-0.1, -0.05) is 22.0 Å². The van der Waals surface area contributed by atoms with E-state index in [0.717, 1.165) is 5.56 Å². The first-order valence-corrected chi connectivity index (χ1v) is 6.48. The molecule has 92 valence electrons. The van der Waals surface area contributed by atoms with E-state index in [2.05, 4.69) is 20.7 Å². The predicted octanol–water partition coefficient (Wildman–Crippen LogP) is 3.24. The van der Waals surface area contributed by atoms with Crippen LogP contribution in [0.3, 0.4) is 0 Å². The van der Waals surface area contributed by atoms with Crippen molar-refractivity contribution >= 4 is 39.3 Å². The second kappa shape index (κ2) is 6.17. The van der Waals surface area contributed by atoms with Crippen molar-refractivity contribution in [1.29, 1.82) is 0 Å². The van der Waals surface area contributed by atoms with Crippen LogP contribution in [0.2, 0.25) is 0 Å². The van der Waals surface area contributed by atoms with Crippen molar-refractivity contribution in [2.24, 2.45) is 0 Å². The third-order valence-corrected chi connectivity index (χ3v) is 3.49. The van der Waals surface area contributed by atoms with E-state index in [0.29, 0.717) is 16.5 Å². The number of esters is 1. The maximum atomic E-state index is 11.4. The van der Waals surface area contributed by atoms with Crippen LogP contribution in [-0.2, 0) is 14.9 Å². The standard InChI is InChI=1S/C12H12BrClO3/c1-7(15)11(14)10-5-8(12(16)17-2)3-4-9(10)6-13/h3-5,11H,6H2,1-2H3. The van der Waals surface area contributed by atoms with Crippen molar-refractivity contribution in [2.75, 3.05) is 7.11 Å². The van der Waals surface area contributed by atoms with Gasteiger partial charge in [-0.2, -0.15) is 0 Å². The number of ether oxygens (including phenoxy) is 1. The summed E-state index contributed by atoms with van der Waals surface area (Å²) in [5.74, 6) is -0.601. The Morgan fingerprint density at radius 2 is 2.12 bits per heavy atom. The van der Waals surface area contributed by atoms with Crippen molar-refractivity contribution in [3.05, 3.63) is 34.9 Å². The molecular formula is C12H12BrClO3. The number of carbonyl (C=O) groups is 2. The fourth-order valence-electron chi connectivity index (χ4n) is 1.42. The molecule has 3 nitrogen and oxygen atoms in total. The van der Waals surface area contributed by atoms with Gasteiger partial charge in [0, 0.05) is 5.33 Å². The lowest BCUT2D eigenvalue weighted by Crippen LogP contribution is -2.08. The summed E-state index contributed by atoms with van der Waals surface area (Å²) in [5, 5.41) is -0.174. The summed E-state index contributed by atoms with van der Waals surface area (Å²) in [6.45, 7) is 1.42. The Hall–Kier alpha value is -0.870. The Kier molecular flexibility index (Phi) is 5.15. The SMILES string of the molecule is COC(=O)c1ccc(CBr)c(C(Cl)C(C)=O)c1. The molecule has 0 radical (unpaired) electrons. The van der Waals surface area contributed by atoms with Crippen LogP contribution in [0.4, 0.5) is 0 Å². The van der Waals surface area contributed by atoms with Crippen LogP contribution in [0.25, 0.3) is 0 Å². The van der Waals surface area contributed by atoms with Crippen LogP contribution < -0.4 is 0 Å². The highest BCUT2D eigenvalue weighted by Crippen LogP contribution is 2.27. The smallest absolute Gasteiger partial charge is 0.337 e. The molecular weight excluding hydrogens is 307 g/mol. The minimum atomic E-state index is -0.743. The fourth-order valence-corrected chi connectivity index (χ4v) is 2.13. The molecule has 0 aliphatic heterocycles. The number of ketones is 1. The van der Waals surface area contributed by atoms with E-state index < -0.39 is 11.3 Å². The highest BCUT2D eigenvalue weighted by molar-refractivity contribution is 9.08. The Bertz CT molecular complexity index is 445. The van der Waals surface area contributed by atoms with Crippen molar-refractivity contribution in [1.82, 2.24) is 0 Å². The number of hydrogen-bond acceptors (Lipinski definition) is 3. The van der Waals surface area contributed by atoms with Gasteiger partial charge in [0.05, 0.1) is 12.7 Å². The molecule has 1 aromatic carbocycles. The number of rotatable bonds is 4. The minimum absolute atomic E-state index is 0.157. The van der Waals surface area contributed by atoms with E-state index in [1.165, 1.54) is 14.0 Å². The third-order valence-electron chi connectivity index (χ3n) is 2.34. The summed E-state index contributed by atoms with van der Waals surface area (Å²) >= 11 is 9.34. The zero-order valence-electron chi connectivity index (χ0n) is 9.50. The van der Waals surface area contributed by atoms with Crippen molar-refractivity contribution in [3.8, 4) is 0 Å². The monoisotopic (exact) mass is 318 g/mol. The molecule has 0 bridgehead atoms. The third kappa shape index (κ3) is 3.30. The first-order chi connectivity index (χ1) is 8.01. The van der Waals surface area contributed by atoms with E-state index >= 15 is 0 Å². The van der Waals surface area contributed by atoms with Crippen molar-refractivity contribution < 1.29 is 14.3 Å². The van der Waals surface area contributed by atoms with Gasteiger partial charge in [0.25, 0.3) is 0 Å². The molecule has 1 atom stereocenters. The molecule has 0 saturated carbocycles.